The minimum Gasteiger partial charge on any atom is -0.335 e. The van der Waals surface area contributed by atoms with Crippen molar-refractivity contribution >= 4 is 21.5 Å². The third kappa shape index (κ3) is 4.44. The van der Waals surface area contributed by atoms with Crippen LogP contribution in [0.4, 0.5) is 8.78 Å². The topological polar surface area (TPSA) is 57.7 Å². The number of carbonyl (C=O) groups excluding carboxylic acids is 1. The van der Waals surface area contributed by atoms with Crippen LogP contribution in [-0.4, -0.2) is 49.7 Å². The van der Waals surface area contributed by atoms with Crippen LogP contribution in [0.1, 0.15) is 36.2 Å². The number of amides is 1. The number of hydrogen-bond acceptors (Lipinski definition) is 3. The summed E-state index contributed by atoms with van der Waals surface area (Å²) in [5, 5.41) is 0. The molecule has 0 saturated carbocycles. The number of halogens is 2. The van der Waals surface area contributed by atoms with Crippen LogP contribution in [0.2, 0.25) is 0 Å². The van der Waals surface area contributed by atoms with E-state index in [-0.39, 0.29) is 30.4 Å². The van der Waals surface area contributed by atoms with Gasteiger partial charge in [0.25, 0.3) is 5.91 Å². The van der Waals surface area contributed by atoms with Crippen molar-refractivity contribution in [1.29, 1.82) is 0 Å². The summed E-state index contributed by atoms with van der Waals surface area (Å²) >= 11 is 0. The van der Waals surface area contributed by atoms with Crippen molar-refractivity contribution in [2.75, 3.05) is 26.2 Å². The Balaban J connectivity index is 1.82. The van der Waals surface area contributed by atoms with Crippen molar-refractivity contribution in [3.63, 3.8) is 0 Å². The number of benzene rings is 2. The third-order valence-corrected chi connectivity index (χ3v) is 7.28. The Morgan fingerprint density at radius 3 is 2.30 bits per heavy atom. The zero-order chi connectivity index (χ0) is 21.9. The summed E-state index contributed by atoms with van der Waals surface area (Å²) in [7, 11) is -4.02. The van der Waals surface area contributed by atoms with Gasteiger partial charge in [-0.25, -0.2) is 17.2 Å². The first-order valence-corrected chi connectivity index (χ1v) is 11.3. The maximum atomic E-state index is 14.3. The normalized spacial score (nSPS) is 14.7. The van der Waals surface area contributed by atoms with E-state index >= 15 is 0 Å². The maximum absolute atomic E-state index is 14.3. The summed E-state index contributed by atoms with van der Waals surface area (Å²) in [6.07, 6.45) is 2.48. The lowest BCUT2D eigenvalue weighted by Crippen LogP contribution is -2.35. The SMILES string of the molecule is CCN(CC)S(=O)(=O)c1cc(C(=O)N2CC=C(c3ccc(F)cc3)CC2)ccc1F. The highest BCUT2D eigenvalue weighted by Crippen LogP contribution is 2.25. The zero-order valence-corrected chi connectivity index (χ0v) is 17.8. The molecule has 0 N–H and O–H groups in total. The first kappa shape index (κ1) is 22.1. The Morgan fingerprint density at radius 2 is 1.73 bits per heavy atom. The maximum Gasteiger partial charge on any atom is 0.254 e. The highest BCUT2D eigenvalue weighted by molar-refractivity contribution is 7.89. The van der Waals surface area contributed by atoms with E-state index < -0.39 is 20.7 Å². The third-order valence-electron chi connectivity index (χ3n) is 5.21. The average molecular weight is 435 g/mol. The van der Waals surface area contributed by atoms with Crippen molar-refractivity contribution in [2.45, 2.75) is 25.2 Å². The molecule has 5 nitrogen and oxygen atoms in total. The standard InChI is InChI=1S/C22H24F2N2O3S/c1-3-26(4-2)30(28,29)21-15-18(7-10-20(21)24)22(27)25-13-11-17(12-14-25)16-5-8-19(23)9-6-16/h5-11,15H,3-4,12-14H2,1-2H3. The first-order valence-electron chi connectivity index (χ1n) is 9.81. The average Bonchev–Trinajstić information content (AvgIpc) is 2.75. The van der Waals surface area contributed by atoms with Gasteiger partial charge in [-0.3, -0.25) is 4.79 Å². The molecule has 2 aromatic carbocycles. The summed E-state index contributed by atoms with van der Waals surface area (Å²) in [4.78, 5) is 14.0. The number of rotatable bonds is 6. The van der Waals surface area contributed by atoms with Crippen molar-refractivity contribution in [3.8, 4) is 0 Å². The van der Waals surface area contributed by atoms with Gasteiger partial charge >= 0.3 is 0 Å². The second kappa shape index (κ2) is 9.06. The number of sulfonamides is 1. The molecule has 0 spiro atoms. The Bertz CT molecular complexity index is 1060. The van der Waals surface area contributed by atoms with Gasteiger partial charge in [-0.1, -0.05) is 32.1 Å². The zero-order valence-electron chi connectivity index (χ0n) is 16.9. The Hall–Kier alpha value is -2.58. The number of hydrogen-bond donors (Lipinski definition) is 0. The lowest BCUT2D eigenvalue weighted by atomic mass is 9.99. The fourth-order valence-corrected chi connectivity index (χ4v) is 5.05. The molecule has 1 aliphatic rings. The van der Waals surface area contributed by atoms with Crippen molar-refractivity contribution in [1.82, 2.24) is 9.21 Å². The largest absolute Gasteiger partial charge is 0.335 e. The summed E-state index contributed by atoms with van der Waals surface area (Å²) in [6, 6.07) is 9.62. The van der Waals surface area contributed by atoms with Crippen molar-refractivity contribution in [2.24, 2.45) is 0 Å². The molecule has 30 heavy (non-hydrogen) atoms. The molecule has 0 bridgehead atoms. The molecular weight excluding hydrogens is 410 g/mol. The molecule has 2 aromatic rings. The molecule has 1 amide bonds. The van der Waals surface area contributed by atoms with Gasteiger partial charge in [0.1, 0.15) is 16.5 Å². The van der Waals surface area contributed by atoms with Gasteiger partial charge in [0.15, 0.2) is 0 Å². The van der Waals surface area contributed by atoms with Gasteiger partial charge in [0.05, 0.1) is 0 Å². The molecule has 0 saturated heterocycles. The van der Waals surface area contributed by atoms with Crippen LogP contribution in [0.5, 0.6) is 0 Å². The summed E-state index contributed by atoms with van der Waals surface area (Å²) in [6.45, 7) is 4.52. The molecule has 1 aliphatic heterocycles. The Morgan fingerprint density at radius 1 is 1.07 bits per heavy atom. The highest BCUT2D eigenvalue weighted by Gasteiger charge is 2.27. The fraction of sp³-hybridized carbons (Fsp3) is 0.318. The van der Waals surface area contributed by atoms with Gasteiger partial charge < -0.3 is 4.90 Å². The van der Waals surface area contributed by atoms with Crippen LogP contribution in [0.15, 0.2) is 53.4 Å². The fourth-order valence-electron chi connectivity index (χ4n) is 3.50. The summed E-state index contributed by atoms with van der Waals surface area (Å²) in [5.74, 6) is -1.55. The molecule has 8 heteroatoms. The highest BCUT2D eigenvalue weighted by atomic mass is 32.2. The van der Waals surface area contributed by atoms with Gasteiger partial charge in [-0.2, -0.15) is 4.31 Å². The van der Waals surface area contributed by atoms with Crippen molar-refractivity contribution < 1.29 is 22.0 Å². The molecule has 3 rings (SSSR count). The first-order chi connectivity index (χ1) is 14.3. The molecule has 0 fully saturated rings. The molecule has 0 radical (unpaired) electrons. The van der Waals surface area contributed by atoms with E-state index in [4.69, 9.17) is 0 Å². The van der Waals surface area contributed by atoms with Gasteiger partial charge in [0, 0.05) is 31.7 Å². The van der Waals surface area contributed by atoms with E-state index in [0.717, 1.165) is 27.6 Å². The lowest BCUT2D eigenvalue weighted by molar-refractivity contribution is 0.0772. The Labute approximate surface area is 175 Å². The quantitative estimate of drug-likeness (QED) is 0.692. The van der Waals surface area contributed by atoms with E-state index in [2.05, 4.69) is 0 Å². The van der Waals surface area contributed by atoms with Crippen LogP contribution in [0.3, 0.4) is 0 Å². The van der Waals surface area contributed by atoms with E-state index in [1.807, 2.05) is 6.08 Å². The predicted octanol–water partition coefficient (Wildman–Crippen LogP) is 3.92. The Kier molecular flexibility index (Phi) is 6.67. The van der Waals surface area contributed by atoms with Crippen LogP contribution >= 0.6 is 0 Å². The number of nitrogens with zero attached hydrogens (tertiary/aromatic N) is 2. The van der Waals surface area contributed by atoms with E-state index in [1.54, 1.807) is 30.9 Å². The van der Waals surface area contributed by atoms with Crippen LogP contribution in [-0.2, 0) is 10.0 Å². The smallest absolute Gasteiger partial charge is 0.254 e. The minimum absolute atomic E-state index is 0.126. The van der Waals surface area contributed by atoms with Crippen LogP contribution in [0, 0.1) is 11.6 Å². The van der Waals surface area contributed by atoms with E-state index in [9.17, 15) is 22.0 Å². The van der Waals surface area contributed by atoms with Crippen LogP contribution in [0.25, 0.3) is 5.57 Å². The molecular formula is C22H24F2N2O3S. The van der Waals surface area contributed by atoms with E-state index in [1.165, 1.54) is 18.2 Å². The molecule has 1 heterocycles. The number of carbonyl (C=O) groups is 1. The second-order valence-corrected chi connectivity index (χ2v) is 8.88. The minimum atomic E-state index is -4.02. The summed E-state index contributed by atoms with van der Waals surface area (Å²) < 4.78 is 54.0. The second-order valence-electron chi connectivity index (χ2n) is 6.97. The lowest BCUT2D eigenvalue weighted by Gasteiger charge is -2.27. The van der Waals surface area contributed by atoms with Crippen LogP contribution < -0.4 is 0 Å². The van der Waals surface area contributed by atoms with E-state index in [0.29, 0.717) is 19.5 Å². The predicted molar refractivity (Wildman–Crippen MR) is 111 cm³/mol. The molecule has 0 aromatic heterocycles. The molecule has 0 unspecified atom stereocenters. The van der Waals surface area contributed by atoms with Gasteiger partial charge in [-0.05, 0) is 47.9 Å². The van der Waals surface area contributed by atoms with Crippen molar-refractivity contribution in [3.05, 3.63) is 71.3 Å². The molecule has 0 atom stereocenters. The molecule has 0 aliphatic carbocycles. The van der Waals surface area contributed by atoms with Gasteiger partial charge in [-0.15, -0.1) is 0 Å². The summed E-state index contributed by atoms with van der Waals surface area (Å²) in [5.41, 5.74) is 2.04. The monoisotopic (exact) mass is 434 g/mol. The van der Waals surface area contributed by atoms with Gasteiger partial charge in [0.2, 0.25) is 10.0 Å². The molecule has 160 valence electrons.